The Morgan fingerprint density at radius 2 is 1.62 bits per heavy atom. The summed E-state index contributed by atoms with van der Waals surface area (Å²) in [5.41, 5.74) is 1.24. The van der Waals surface area contributed by atoms with Gasteiger partial charge >= 0.3 is 0 Å². The molecule has 0 aromatic rings. The molecule has 0 aliphatic heterocycles. The van der Waals surface area contributed by atoms with Crippen LogP contribution in [0.25, 0.3) is 0 Å². The summed E-state index contributed by atoms with van der Waals surface area (Å²) in [6, 6.07) is 0. The van der Waals surface area contributed by atoms with Crippen LogP contribution in [0.2, 0.25) is 0 Å². The molecule has 0 radical (unpaired) electrons. The van der Waals surface area contributed by atoms with Gasteiger partial charge in [0.15, 0.2) is 5.78 Å². The van der Waals surface area contributed by atoms with Crippen LogP contribution in [-0.2, 0) is 4.79 Å². The lowest BCUT2D eigenvalue weighted by atomic mass is 9.98. The second-order valence-corrected chi connectivity index (χ2v) is 4.01. The third kappa shape index (κ3) is 6.32. The van der Waals surface area contributed by atoms with Crippen LogP contribution in [0.15, 0.2) is 23.8 Å². The first kappa shape index (κ1) is 12.2. The van der Waals surface area contributed by atoms with Gasteiger partial charge in [-0.25, -0.2) is 0 Å². The van der Waals surface area contributed by atoms with E-state index >= 15 is 0 Å². The monoisotopic (exact) mass is 180 g/mol. The molecule has 0 atom stereocenters. The molecule has 0 aliphatic carbocycles. The van der Waals surface area contributed by atoms with Crippen molar-refractivity contribution in [2.45, 2.75) is 34.6 Å². The first-order valence-electron chi connectivity index (χ1n) is 4.83. The fraction of sp³-hybridized carbons (Fsp3) is 0.583. The maximum absolute atomic E-state index is 10.7. The minimum Gasteiger partial charge on any atom is -0.295 e. The van der Waals surface area contributed by atoms with Crippen molar-refractivity contribution in [1.29, 1.82) is 0 Å². The number of allylic oxidation sites excluding steroid dienone is 4. The maximum atomic E-state index is 10.7. The third-order valence-corrected chi connectivity index (χ3v) is 1.70. The molecule has 0 bridgehead atoms. The van der Waals surface area contributed by atoms with Gasteiger partial charge in [-0.05, 0) is 30.4 Å². The lowest BCUT2D eigenvalue weighted by Crippen LogP contribution is -1.94. The zero-order valence-electron chi connectivity index (χ0n) is 9.29. The molecule has 0 spiro atoms. The Hall–Kier alpha value is -0.850. The number of carbonyl (C=O) groups is 1. The van der Waals surface area contributed by atoms with E-state index in [4.69, 9.17) is 0 Å². The van der Waals surface area contributed by atoms with E-state index in [0.717, 1.165) is 0 Å². The van der Waals surface area contributed by atoms with Crippen LogP contribution < -0.4 is 0 Å². The third-order valence-electron chi connectivity index (χ3n) is 1.70. The Kier molecular flexibility index (Phi) is 5.36. The second-order valence-electron chi connectivity index (χ2n) is 4.01. The quantitative estimate of drug-likeness (QED) is 0.479. The van der Waals surface area contributed by atoms with E-state index in [2.05, 4.69) is 33.8 Å². The molecule has 0 aromatic carbocycles. The highest BCUT2D eigenvalue weighted by Crippen LogP contribution is 2.14. The van der Waals surface area contributed by atoms with Gasteiger partial charge in [0.2, 0.25) is 0 Å². The standard InChI is InChI=1S/C12H20O/c1-9(2)8-12(10(3)4)7-6-11(5)13/h6-10H,1-5H3/b7-6+,12-8-. The van der Waals surface area contributed by atoms with Gasteiger partial charge in [0.25, 0.3) is 0 Å². The SMILES string of the molecule is CC(=O)/C=C/C(=C/C(C)C)C(C)C. The summed E-state index contributed by atoms with van der Waals surface area (Å²) in [7, 11) is 0. The summed E-state index contributed by atoms with van der Waals surface area (Å²) in [6.45, 7) is 10.1. The zero-order valence-corrected chi connectivity index (χ0v) is 9.29. The molecule has 0 saturated heterocycles. The molecular formula is C12H20O. The van der Waals surface area contributed by atoms with Crippen molar-refractivity contribution in [2.75, 3.05) is 0 Å². The highest BCUT2D eigenvalue weighted by atomic mass is 16.1. The molecule has 0 saturated carbocycles. The lowest BCUT2D eigenvalue weighted by Gasteiger charge is -2.07. The first-order chi connectivity index (χ1) is 5.93. The van der Waals surface area contributed by atoms with E-state index in [1.807, 2.05) is 6.08 Å². The average Bonchev–Trinajstić information content (AvgIpc) is 1.96. The van der Waals surface area contributed by atoms with E-state index in [1.165, 1.54) is 5.57 Å². The van der Waals surface area contributed by atoms with Gasteiger partial charge in [0.05, 0.1) is 0 Å². The van der Waals surface area contributed by atoms with Crippen molar-refractivity contribution in [3.8, 4) is 0 Å². The van der Waals surface area contributed by atoms with Crippen LogP contribution in [0.5, 0.6) is 0 Å². The highest BCUT2D eigenvalue weighted by molar-refractivity contribution is 5.87. The Labute approximate surface area is 81.5 Å². The van der Waals surface area contributed by atoms with Crippen LogP contribution >= 0.6 is 0 Å². The Bertz CT molecular complexity index is 219. The summed E-state index contributed by atoms with van der Waals surface area (Å²) in [5, 5.41) is 0. The molecular weight excluding hydrogens is 160 g/mol. The summed E-state index contributed by atoms with van der Waals surface area (Å²) >= 11 is 0. The van der Waals surface area contributed by atoms with E-state index in [1.54, 1.807) is 13.0 Å². The average molecular weight is 180 g/mol. The summed E-state index contributed by atoms with van der Waals surface area (Å²) in [4.78, 5) is 10.7. The molecule has 74 valence electrons. The minimum absolute atomic E-state index is 0.107. The molecule has 1 heteroatoms. The predicted molar refractivity (Wildman–Crippen MR) is 57.6 cm³/mol. The minimum atomic E-state index is 0.107. The molecule has 0 amide bonds. The number of carbonyl (C=O) groups excluding carboxylic acids is 1. The topological polar surface area (TPSA) is 17.1 Å². The Morgan fingerprint density at radius 3 is 1.92 bits per heavy atom. The summed E-state index contributed by atoms with van der Waals surface area (Å²) in [5.74, 6) is 1.13. The molecule has 13 heavy (non-hydrogen) atoms. The largest absolute Gasteiger partial charge is 0.295 e. The van der Waals surface area contributed by atoms with E-state index < -0.39 is 0 Å². The number of ketones is 1. The molecule has 0 aromatic heterocycles. The van der Waals surface area contributed by atoms with Crippen LogP contribution in [0, 0.1) is 11.8 Å². The number of rotatable bonds is 4. The van der Waals surface area contributed by atoms with Gasteiger partial charge in [-0.2, -0.15) is 0 Å². The molecule has 0 rings (SSSR count). The van der Waals surface area contributed by atoms with E-state index in [-0.39, 0.29) is 5.78 Å². The normalized spacial score (nSPS) is 13.3. The van der Waals surface area contributed by atoms with E-state index in [9.17, 15) is 4.79 Å². The first-order valence-corrected chi connectivity index (χ1v) is 4.83. The van der Waals surface area contributed by atoms with Crippen LogP contribution in [0.4, 0.5) is 0 Å². The van der Waals surface area contributed by atoms with Crippen molar-refractivity contribution in [1.82, 2.24) is 0 Å². The Morgan fingerprint density at radius 1 is 1.08 bits per heavy atom. The van der Waals surface area contributed by atoms with Crippen LogP contribution in [0.1, 0.15) is 34.6 Å². The van der Waals surface area contributed by atoms with Gasteiger partial charge < -0.3 is 0 Å². The molecule has 0 aliphatic rings. The fourth-order valence-electron chi connectivity index (χ4n) is 1.04. The van der Waals surface area contributed by atoms with Crippen molar-refractivity contribution in [3.63, 3.8) is 0 Å². The maximum Gasteiger partial charge on any atom is 0.152 e. The van der Waals surface area contributed by atoms with Crippen molar-refractivity contribution in [2.24, 2.45) is 11.8 Å². The molecule has 0 heterocycles. The lowest BCUT2D eigenvalue weighted by molar-refractivity contribution is -0.112. The van der Waals surface area contributed by atoms with Gasteiger partial charge in [-0.3, -0.25) is 4.79 Å². The summed E-state index contributed by atoms with van der Waals surface area (Å²) < 4.78 is 0. The van der Waals surface area contributed by atoms with Crippen molar-refractivity contribution < 1.29 is 4.79 Å². The highest BCUT2D eigenvalue weighted by Gasteiger charge is 2.00. The Balaban J connectivity index is 4.54. The molecule has 0 unspecified atom stereocenters. The molecule has 0 fully saturated rings. The molecule has 1 nitrogen and oxygen atoms in total. The molecule has 0 N–H and O–H groups in total. The van der Waals surface area contributed by atoms with Crippen molar-refractivity contribution in [3.05, 3.63) is 23.8 Å². The van der Waals surface area contributed by atoms with Crippen LogP contribution in [0.3, 0.4) is 0 Å². The predicted octanol–water partition coefficient (Wildman–Crippen LogP) is 3.37. The van der Waals surface area contributed by atoms with Crippen molar-refractivity contribution >= 4 is 5.78 Å². The van der Waals surface area contributed by atoms with Gasteiger partial charge in [-0.15, -0.1) is 0 Å². The van der Waals surface area contributed by atoms with E-state index in [0.29, 0.717) is 11.8 Å². The number of hydrogen-bond donors (Lipinski definition) is 0. The summed E-state index contributed by atoms with van der Waals surface area (Å²) in [6.07, 6.45) is 5.76. The van der Waals surface area contributed by atoms with Gasteiger partial charge in [0, 0.05) is 0 Å². The second kappa shape index (κ2) is 5.74. The fourth-order valence-corrected chi connectivity index (χ4v) is 1.04. The van der Waals surface area contributed by atoms with Gasteiger partial charge in [-0.1, -0.05) is 39.8 Å². The van der Waals surface area contributed by atoms with Crippen LogP contribution in [-0.4, -0.2) is 5.78 Å². The van der Waals surface area contributed by atoms with Gasteiger partial charge in [0.1, 0.15) is 0 Å². The smallest absolute Gasteiger partial charge is 0.152 e. The number of hydrogen-bond acceptors (Lipinski definition) is 1. The zero-order chi connectivity index (χ0) is 10.4.